The molecular weight excluding hydrogens is 340 g/mol. The van der Waals surface area contributed by atoms with Gasteiger partial charge in [-0.3, -0.25) is 4.79 Å². The summed E-state index contributed by atoms with van der Waals surface area (Å²) in [5.41, 5.74) is 1.13. The van der Waals surface area contributed by atoms with Crippen LogP contribution in [0.4, 0.5) is 0 Å². The minimum Gasteiger partial charge on any atom is -0.373 e. The van der Waals surface area contributed by atoms with Crippen molar-refractivity contribution in [2.45, 2.75) is 38.5 Å². The standard InChI is InChI=1S/C21H30N4O2/c1-4-19-22-11-13-24(19)12-10-20(26)25-14-15-27-18(16-23(2)3)21(25)17-8-6-5-7-9-17/h5-9,11,13,18,21H,4,10,12,14-16H2,1-3H3/t18-,21-/m0/s1. The lowest BCUT2D eigenvalue weighted by molar-refractivity contribution is -0.148. The minimum absolute atomic E-state index is 0.0282. The Hall–Kier alpha value is -2.18. The summed E-state index contributed by atoms with van der Waals surface area (Å²) in [7, 11) is 4.08. The van der Waals surface area contributed by atoms with Gasteiger partial charge in [-0.2, -0.15) is 0 Å². The maximum atomic E-state index is 13.1. The number of nitrogens with zero attached hydrogens (tertiary/aromatic N) is 4. The molecular formula is C21H30N4O2. The van der Waals surface area contributed by atoms with E-state index in [0.29, 0.717) is 26.1 Å². The lowest BCUT2D eigenvalue weighted by Gasteiger charge is -2.42. The Morgan fingerprint density at radius 3 is 2.78 bits per heavy atom. The molecule has 6 heteroatoms. The third kappa shape index (κ3) is 4.76. The van der Waals surface area contributed by atoms with E-state index in [1.807, 2.05) is 43.4 Å². The first-order valence-corrected chi connectivity index (χ1v) is 9.71. The van der Waals surface area contributed by atoms with Gasteiger partial charge in [0, 0.05) is 44.9 Å². The van der Waals surface area contributed by atoms with Crippen molar-refractivity contribution in [1.29, 1.82) is 0 Å². The van der Waals surface area contributed by atoms with E-state index in [0.717, 1.165) is 24.4 Å². The topological polar surface area (TPSA) is 50.6 Å². The van der Waals surface area contributed by atoms with Crippen molar-refractivity contribution in [3.63, 3.8) is 0 Å². The van der Waals surface area contributed by atoms with E-state index in [9.17, 15) is 4.79 Å². The molecule has 27 heavy (non-hydrogen) atoms. The number of carbonyl (C=O) groups is 1. The average molecular weight is 370 g/mol. The number of imidazole rings is 1. The second-order valence-electron chi connectivity index (χ2n) is 7.25. The molecule has 0 aliphatic carbocycles. The molecule has 1 fully saturated rings. The fourth-order valence-corrected chi connectivity index (χ4v) is 3.79. The van der Waals surface area contributed by atoms with E-state index in [-0.39, 0.29) is 18.1 Å². The Morgan fingerprint density at radius 1 is 1.30 bits per heavy atom. The molecule has 1 aliphatic heterocycles. The fraction of sp³-hybridized carbons (Fsp3) is 0.524. The fourth-order valence-electron chi connectivity index (χ4n) is 3.79. The number of hydrogen-bond donors (Lipinski definition) is 0. The van der Waals surface area contributed by atoms with Gasteiger partial charge in [0.05, 0.1) is 18.8 Å². The van der Waals surface area contributed by atoms with Crippen molar-refractivity contribution < 1.29 is 9.53 Å². The highest BCUT2D eigenvalue weighted by molar-refractivity contribution is 5.77. The van der Waals surface area contributed by atoms with Gasteiger partial charge in [0.15, 0.2) is 0 Å². The maximum absolute atomic E-state index is 13.1. The molecule has 0 spiro atoms. The van der Waals surface area contributed by atoms with E-state index >= 15 is 0 Å². The third-order valence-electron chi connectivity index (χ3n) is 5.04. The molecule has 2 atom stereocenters. The Bertz CT molecular complexity index is 729. The highest BCUT2D eigenvalue weighted by atomic mass is 16.5. The van der Waals surface area contributed by atoms with Gasteiger partial charge in [-0.25, -0.2) is 4.98 Å². The number of likely N-dealkylation sites (N-methyl/N-ethyl adjacent to an activating group) is 1. The van der Waals surface area contributed by atoms with E-state index in [2.05, 4.69) is 33.5 Å². The summed E-state index contributed by atoms with van der Waals surface area (Å²) in [6.45, 7) is 4.75. The molecule has 1 amide bonds. The van der Waals surface area contributed by atoms with Crippen LogP contribution in [0.15, 0.2) is 42.7 Å². The molecule has 3 rings (SSSR count). The lowest BCUT2D eigenvalue weighted by atomic mass is 9.97. The summed E-state index contributed by atoms with van der Waals surface area (Å²) in [6, 6.07) is 10.2. The van der Waals surface area contributed by atoms with Gasteiger partial charge in [-0.15, -0.1) is 0 Å². The molecule has 0 radical (unpaired) electrons. The van der Waals surface area contributed by atoms with Crippen LogP contribution in [0.5, 0.6) is 0 Å². The first-order chi connectivity index (χ1) is 13.1. The number of ether oxygens (including phenoxy) is 1. The lowest BCUT2D eigenvalue weighted by Crippen LogP contribution is -2.51. The van der Waals surface area contributed by atoms with Crippen molar-refractivity contribution >= 4 is 5.91 Å². The summed E-state index contributed by atoms with van der Waals surface area (Å²) in [5, 5.41) is 0. The van der Waals surface area contributed by atoms with E-state index < -0.39 is 0 Å². The van der Waals surface area contributed by atoms with Crippen LogP contribution >= 0.6 is 0 Å². The van der Waals surface area contributed by atoms with Crippen LogP contribution in [-0.4, -0.2) is 65.2 Å². The molecule has 0 saturated carbocycles. The van der Waals surface area contributed by atoms with Crippen LogP contribution in [0.25, 0.3) is 0 Å². The van der Waals surface area contributed by atoms with Crippen molar-refractivity contribution in [3.8, 4) is 0 Å². The SMILES string of the molecule is CCc1nccn1CCC(=O)N1CCO[C@@H](CN(C)C)[C@@H]1c1ccccc1. The van der Waals surface area contributed by atoms with Gasteiger partial charge in [0.2, 0.25) is 5.91 Å². The summed E-state index contributed by atoms with van der Waals surface area (Å²) in [6.07, 6.45) is 5.07. The van der Waals surface area contributed by atoms with Crippen molar-refractivity contribution in [2.75, 3.05) is 33.8 Å². The summed E-state index contributed by atoms with van der Waals surface area (Å²) < 4.78 is 8.15. The quantitative estimate of drug-likeness (QED) is 0.751. The maximum Gasteiger partial charge on any atom is 0.225 e. The Balaban J connectivity index is 1.77. The Morgan fingerprint density at radius 2 is 2.07 bits per heavy atom. The molecule has 0 bridgehead atoms. The van der Waals surface area contributed by atoms with Gasteiger partial charge < -0.3 is 19.1 Å². The van der Waals surface area contributed by atoms with E-state index in [1.165, 1.54) is 0 Å². The molecule has 1 aromatic heterocycles. The number of rotatable bonds is 7. The van der Waals surface area contributed by atoms with Gasteiger partial charge in [0.25, 0.3) is 0 Å². The zero-order chi connectivity index (χ0) is 19.2. The van der Waals surface area contributed by atoms with Crippen molar-refractivity contribution in [1.82, 2.24) is 19.4 Å². The average Bonchev–Trinajstić information content (AvgIpc) is 3.13. The number of aryl methyl sites for hydroxylation is 2. The number of morpholine rings is 1. The highest BCUT2D eigenvalue weighted by Gasteiger charge is 2.36. The van der Waals surface area contributed by atoms with E-state index in [4.69, 9.17) is 4.74 Å². The van der Waals surface area contributed by atoms with Gasteiger partial charge in [0.1, 0.15) is 5.82 Å². The molecule has 0 N–H and O–H groups in total. The van der Waals surface area contributed by atoms with Crippen LogP contribution in [0.3, 0.4) is 0 Å². The molecule has 146 valence electrons. The van der Waals surface area contributed by atoms with Gasteiger partial charge in [-0.05, 0) is 19.7 Å². The molecule has 1 aliphatic rings. The zero-order valence-corrected chi connectivity index (χ0v) is 16.5. The number of aromatic nitrogens is 2. The van der Waals surface area contributed by atoms with Crippen LogP contribution in [0.1, 0.15) is 30.8 Å². The van der Waals surface area contributed by atoms with Crippen LogP contribution < -0.4 is 0 Å². The van der Waals surface area contributed by atoms with E-state index in [1.54, 1.807) is 6.20 Å². The van der Waals surface area contributed by atoms with Crippen LogP contribution in [0.2, 0.25) is 0 Å². The van der Waals surface area contributed by atoms with Crippen LogP contribution in [-0.2, 0) is 22.5 Å². The molecule has 1 aromatic carbocycles. The summed E-state index contributed by atoms with van der Waals surface area (Å²) in [4.78, 5) is 21.6. The number of hydrogen-bond acceptors (Lipinski definition) is 4. The van der Waals surface area contributed by atoms with Crippen molar-refractivity contribution in [3.05, 3.63) is 54.1 Å². The molecule has 0 unspecified atom stereocenters. The third-order valence-corrected chi connectivity index (χ3v) is 5.04. The number of benzene rings is 1. The number of amides is 1. The van der Waals surface area contributed by atoms with Crippen molar-refractivity contribution in [2.24, 2.45) is 0 Å². The summed E-state index contributed by atoms with van der Waals surface area (Å²) in [5.74, 6) is 1.20. The highest BCUT2D eigenvalue weighted by Crippen LogP contribution is 2.30. The summed E-state index contributed by atoms with van der Waals surface area (Å²) >= 11 is 0. The predicted octanol–water partition coefficient (Wildman–Crippen LogP) is 2.37. The smallest absolute Gasteiger partial charge is 0.225 e. The number of carbonyl (C=O) groups excluding carboxylic acids is 1. The first-order valence-electron chi connectivity index (χ1n) is 9.71. The normalized spacial score (nSPS) is 20.2. The van der Waals surface area contributed by atoms with Gasteiger partial charge in [-0.1, -0.05) is 37.3 Å². The minimum atomic E-state index is -0.0525. The molecule has 2 aromatic rings. The zero-order valence-electron chi connectivity index (χ0n) is 16.5. The second kappa shape index (κ2) is 9.15. The van der Waals surface area contributed by atoms with Crippen LogP contribution in [0, 0.1) is 0 Å². The molecule has 1 saturated heterocycles. The monoisotopic (exact) mass is 370 g/mol. The Kier molecular flexibility index (Phi) is 6.63. The largest absolute Gasteiger partial charge is 0.373 e. The predicted molar refractivity (Wildman–Crippen MR) is 105 cm³/mol. The molecule has 6 nitrogen and oxygen atoms in total. The molecule has 2 heterocycles. The Labute approximate surface area is 161 Å². The first kappa shape index (κ1) is 19.6. The second-order valence-corrected chi connectivity index (χ2v) is 7.25. The van der Waals surface area contributed by atoms with Gasteiger partial charge >= 0.3 is 0 Å².